The van der Waals surface area contributed by atoms with Gasteiger partial charge in [-0.3, -0.25) is 9.59 Å². The number of hydrogen-bond acceptors (Lipinski definition) is 2. The van der Waals surface area contributed by atoms with Crippen molar-refractivity contribution in [3.8, 4) is 0 Å². The van der Waals surface area contributed by atoms with Gasteiger partial charge in [-0.05, 0) is 26.8 Å². The molecule has 1 aromatic carbocycles. The van der Waals surface area contributed by atoms with Gasteiger partial charge in [-0.25, -0.2) is 0 Å². The molecular formula is C16H21N3O2. The van der Waals surface area contributed by atoms with E-state index in [1.54, 1.807) is 0 Å². The van der Waals surface area contributed by atoms with E-state index in [-0.39, 0.29) is 24.4 Å². The number of amides is 2. The molecule has 2 rings (SSSR count). The molecule has 0 bridgehead atoms. The van der Waals surface area contributed by atoms with Crippen LogP contribution in [0.25, 0.3) is 10.9 Å². The Bertz CT molecular complexity index is 680. The second-order valence-corrected chi connectivity index (χ2v) is 6.07. The number of primary amides is 1. The highest BCUT2D eigenvalue weighted by atomic mass is 16.2. The van der Waals surface area contributed by atoms with Crippen LogP contribution in [-0.2, 0) is 10.3 Å². The van der Waals surface area contributed by atoms with Crippen molar-refractivity contribution in [2.75, 3.05) is 6.54 Å². The second kappa shape index (κ2) is 5.60. The lowest BCUT2D eigenvalue weighted by Crippen LogP contribution is -2.28. The molecule has 0 aliphatic rings. The zero-order chi connectivity index (χ0) is 15.6. The normalized spacial score (nSPS) is 11.6. The van der Waals surface area contributed by atoms with Crippen LogP contribution in [0.3, 0.4) is 0 Å². The molecule has 0 saturated heterocycles. The largest absolute Gasteiger partial charge is 0.370 e. The van der Waals surface area contributed by atoms with Gasteiger partial charge in [0.15, 0.2) is 0 Å². The van der Waals surface area contributed by atoms with E-state index in [1.807, 2.05) is 30.5 Å². The Morgan fingerprint density at radius 3 is 2.52 bits per heavy atom. The molecule has 2 amide bonds. The molecule has 0 saturated carbocycles. The van der Waals surface area contributed by atoms with E-state index in [0.717, 1.165) is 10.9 Å². The Morgan fingerprint density at radius 1 is 1.24 bits per heavy atom. The Hall–Kier alpha value is -2.30. The third kappa shape index (κ3) is 3.24. The predicted molar refractivity (Wildman–Crippen MR) is 83.1 cm³/mol. The van der Waals surface area contributed by atoms with Gasteiger partial charge in [-0.2, -0.15) is 0 Å². The van der Waals surface area contributed by atoms with E-state index in [4.69, 9.17) is 5.73 Å². The van der Waals surface area contributed by atoms with Crippen LogP contribution < -0.4 is 11.1 Å². The molecule has 5 heteroatoms. The fraction of sp³-hybridized carbons (Fsp3) is 0.375. The van der Waals surface area contributed by atoms with Gasteiger partial charge in [-0.1, -0.05) is 18.2 Å². The zero-order valence-corrected chi connectivity index (χ0v) is 12.6. The summed E-state index contributed by atoms with van der Waals surface area (Å²) in [5.41, 5.74) is 6.59. The summed E-state index contributed by atoms with van der Waals surface area (Å²) in [5, 5.41) is 3.64. The molecule has 0 radical (unpaired) electrons. The molecule has 2 aromatic rings. The van der Waals surface area contributed by atoms with Crippen molar-refractivity contribution in [1.82, 2.24) is 9.88 Å². The predicted octanol–water partition coefficient (Wildman–Crippen LogP) is 2.00. The number of nitrogens with two attached hydrogens (primary N) is 1. The van der Waals surface area contributed by atoms with E-state index < -0.39 is 5.91 Å². The van der Waals surface area contributed by atoms with Gasteiger partial charge in [0.1, 0.15) is 0 Å². The van der Waals surface area contributed by atoms with E-state index in [9.17, 15) is 9.59 Å². The molecule has 21 heavy (non-hydrogen) atoms. The van der Waals surface area contributed by atoms with Crippen LogP contribution in [0.15, 0.2) is 30.5 Å². The van der Waals surface area contributed by atoms with Crippen LogP contribution in [0.2, 0.25) is 0 Å². The lowest BCUT2D eigenvalue weighted by molar-refractivity contribution is -0.117. The number of nitrogens with zero attached hydrogens (tertiary/aromatic N) is 1. The molecular weight excluding hydrogens is 266 g/mol. The molecule has 1 heterocycles. The highest BCUT2D eigenvalue weighted by Crippen LogP contribution is 2.27. The number of nitrogens with one attached hydrogen (secondary N) is 1. The van der Waals surface area contributed by atoms with Crippen molar-refractivity contribution in [2.45, 2.75) is 32.7 Å². The van der Waals surface area contributed by atoms with Crippen LogP contribution in [0, 0.1) is 0 Å². The zero-order valence-electron chi connectivity index (χ0n) is 12.6. The number of carbonyl (C=O) groups is 2. The van der Waals surface area contributed by atoms with E-state index >= 15 is 0 Å². The molecule has 0 fully saturated rings. The maximum atomic E-state index is 12.3. The molecule has 0 unspecified atom stereocenters. The van der Waals surface area contributed by atoms with Crippen LogP contribution >= 0.6 is 0 Å². The molecule has 0 spiro atoms. The van der Waals surface area contributed by atoms with Crippen molar-refractivity contribution in [1.29, 1.82) is 0 Å². The van der Waals surface area contributed by atoms with Crippen molar-refractivity contribution >= 4 is 22.7 Å². The lowest BCUT2D eigenvalue weighted by Gasteiger charge is -2.22. The van der Waals surface area contributed by atoms with E-state index in [2.05, 4.69) is 30.7 Å². The quantitative estimate of drug-likeness (QED) is 0.902. The summed E-state index contributed by atoms with van der Waals surface area (Å²) < 4.78 is 2.09. The average Bonchev–Trinajstić information content (AvgIpc) is 2.77. The molecule has 112 valence electrons. The summed E-state index contributed by atoms with van der Waals surface area (Å²) >= 11 is 0. The monoisotopic (exact) mass is 287 g/mol. The summed E-state index contributed by atoms with van der Waals surface area (Å²) in [7, 11) is 0. The third-order valence-corrected chi connectivity index (χ3v) is 3.34. The summed E-state index contributed by atoms with van der Waals surface area (Å²) in [6.45, 7) is 6.53. The molecule has 5 nitrogen and oxygen atoms in total. The second-order valence-electron chi connectivity index (χ2n) is 6.07. The lowest BCUT2D eigenvalue weighted by atomic mass is 10.1. The van der Waals surface area contributed by atoms with Crippen molar-refractivity contribution in [2.24, 2.45) is 5.73 Å². The maximum Gasteiger partial charge on any atom is 0.253 e. The first-order valence-electron chi connectivity index (χ1n) is 6.98. The van der Waals surface area contributed by atoms with Gasteiger partial charge in [0.05, 0.1) is 5.56 Å². The first-order valence-corrected chi connectivity index (χ1v) is 6.98. The maximum absolute atomic E-state index is 12.3. The smallest absolute Gasteiger partial charge is 0.253 e. The summed E-state index contributed by atoms with van der Waals surface area (Å²) in [5.74, 6) is -0.608. The van der Waals surface area contributed by atoms with Crippen LogP contribution in [0.1, 0.15) is 37.6 Å². The minimum atomic E-state index is -0.424. The molecule has 1 aromatic heterocycles. The van der Waals surface area contributed by atoms with E-state index in [1.165, 1.54) is 0 Å². The third-order valence-electron chi connectivity index (χ3n) is 3.34. The van der Waals surface area contributed by atoms with Crippen LogP contribution in [-0.4, -0.2) is 22.9 Å². The highest BCUT2D eigenvalue weighted by molar-refractivity contribution is 6.07. The van der Waals surface area contributed by atoms with Crippen molar-refractivity contribution < 1.29 is 9.59 Å². The molecule has 0 aliphatic carbocycles. The van der Waals surface area contributed by atoms with Gasteiger partial charge in [0.2, 0.25) is 5.91 Å². The Balaban J connectivity index is 2.36. The minimum Gasteiger partial charge on any atom is -0.370 e. The fourth-order valence-electron chi connectivity index (χ4n) is 2.31. The van der Waals surface area contributed by atoms with Gasteiger partial charge in [-0.15, -0.1) is 0 Å². The number of para-hydroxylation sites is 1. The average molecular weight is 287 g/mol. The first-order chi connectivity index (χ1) is 9.80. The molecule has 3 N–H and O–H groups in total. The number of carbonyl (C=O) groups excluding carboxylic acids is 2. The van der Waals surface area contributed by atoms with Gasteiger partial charge >= 0.3 is 0 Å². The Kier molecular flexibility index (Phi) is 4.02. The van der Waals surface area contributed by atoms with Crippen LogP contribution in [0.5, 0.6) is 0 Å². The molecule has 0 aliphatic heterocycles. The standard InChI is InChI=1S/C16H21N3O2/c1-16(2,3)19-10-12(11-6-4-5-7-13(11)19)15(21)18-9-8-14(17)20/h4-7,10H,8-9H2,1-3H3,(H2,17,20)(H,18,21). The number of aromatic nitrogens is 1. The van der Waals surface area contributed by atoms with Crippen LogP contribution in [0.4, 0.5) is 0 Å². The van der Waals surface area contributed by atoms with E-state index in [0.29, 0.717) is 5.56 Å². The first kappa shape index (κ1) is 15.1. The van der Waals surface area contributed by atoms with Gasteiger partial charge in [0.25, 0.3) is 5.91 Å². The topological polar surface area (TPSA) is 77.1 Å². The highest BCUT2D eigenvalue weighted by Gasteiger charge is 2.20. The minimum absolute atomic E-state index is 0.120. The summed E-state index contributed by atoms with van der Waals surface area (Å²) in [6, 6.07) is 7.80. The SMILES string of the molecule is CC(C)(C)n1cc(C(=O)NCCC(N)=O)c2ccccc21. The van der Waals surface area contributed by atoms with Gasteiger partial charge < -0.3 is 15.6 Å². The fourth-order valence-corrected chi connectivity index (χ4v) is 2.31. The number of benzene rings is 1. The van der Waals surface area contributed by atoms with Gasteiger partial charge in [0, 0.05) is 35.6 Å². The Labute approximate surface area is 124 Å². The summed E-state index contributed by atoms with van der Waals surface area (Å²) in [4.78, 5) is 23.0. The van der Waals surface area contributed by atoms with Crippen molar-refractivity contribution in [3.63, 3.8) is 0 Å². The molecule has 0 atom stereocenters. The van der Waals surface area contributed by atoms with Crippen molar-refractivity contribution in [3.05, 3.63) is 36.0 Å². The summed E-state index contributed by atoms with van der Waals surface area (Å²) in [6.07, 6.45) is 2.01. The Morgan fingerprint density at radius 2 is 1.90 bits per heavy atom. The number of fused-ring (bicyclic) bond motifs is 1. The number of rotatable bonds is 4. The number of hydrogen-bond donors (Lipinski definition) is 2.